The molecular weight excluding hydrogens is 284 g/mol. The highest BCUT2D eigenvalue weighted by Crippen LogP contribution is 2.30. The third-order valence-corrected chi connectivity index (χ3v) is 4.35. The van der Waals surface area contributed by atoms with Crippen molar-refractivity contribution in [2.24, 2.45) is 0 Å². The number of fused-ring (bicyclic) bond motifs is 3. The zero-order valence-electron chi connectivity index (χ0n) is 13.1. The van der Waals surface area contributed by atoms with Crippen molar-refractivity contribution in [3.05, 3.63) is 82.0 Å². The lowest BCUT2D eigenvalue weighted by molar-refractivity contribution is 0.618. The Morgan fingerprint density at radius 3 is 2.35 bits per heavy atom. The van der Waals surface area contributed by atoms with Gasteiger partial charge in [0, 0.05) is 11.6 Å². The van der Waals surface area contributed by atoms with Crippen LogP contribution in [0.4, 0.5) is 0 Å². The van der Waals surface area contributed by atoms with E-state index in [0.29, 0.717) is 16.7 Å². The van der Waals surface area contributed by atoms with E-state index in [9.17, 15) is 4.79 Å². The molecule has 0 aliphatic rings. The van der Waals surface area contributed by atoms with Crippen molar-refractivity contribution in [2.75, 3.05) is 0 Å². The molecule has 3 aromatic carbocycles. The van der Waals surface area contributed by atoms with Gasteiger partial charge in [-0.25, -0.2) is 0 Å². The number of aryl methyl sites for hydroxylation is 2. The molecule has 4 aromatic rings. The number of hydrogen-bond donors (Lipinski definition) is 0. The fourth-order valence-electron chi connectivity index (χ4n) is 3.26. The zero-order valence-corrected chi connectivity index (χ0v) is 13.1. The molecule has 0 bridgehead atoms. The van der Waals surface area contributed by atoms with Gasteiger partial charge in [-0.2, -0.15) is 0 Å². The molecule has 4 rings (SSSR count). The molecule has 0 amide bonds. The van der Waals surface area contributed by atoms with Gasteiger partial charge in [-0.05, 0) is 41.8 Å². The standard InChI is InChI=1S/C21H16O2/c1-13-6-5-7-14(2)20(13)19-12-17(22)21-16-9-4-3-8-15(16)10-11-18(21)23-19/h3-12H,1-2H3. The minimum absolute atomic E-state index is 0.000651. The van der Waals surface area contributed by atoms with E-state index in [-0.39, 0.29) is 5.43 Å². The molecule has 0 N–H and O–H groups in total. The summed E-state index contributed by atoms with van der Waals surface area (Å²) in [5.74, 6) is 0.633. The Balaban J connectivity index is 2.10. The first-order chi connectivity index (χ1) is 11.1. The predicted octanol–water partition coefficient (Wildman–Crippen LogP) is 5.23. The molecule has 112 valence electrons. The summed E-state index contributed by atoms with van der Waals surface area (Å²) in [7, 11) is 0. The molecule has 0 saturated heterocycles. The number of rotatable bonds is 1. The average molecular weight is 300 g/mol. The van der Waals surface area contributed by atoms with Gasteiger partial charge in [0.2, 0.25) is 0 Å². The molecule has 0 radical (unpaired) electrons. The normalized spacial score (nSPS) is 11.2. The van der Waals surface area contributed by atoms with Gasteiger partial charge in [0.15, 0.2) is 5.43 Å². The summed E-state index contributed by atoms with van der Waals surface area (Å²) in [6, 6.07) is 19.5. The molecule has 0 atom stereocenters. The van der Waals surface area contributed by atoms with Gasteiger partial charge < -0.3 is 4.42 Å². The van der Waals surface area contributed by atoms with Crippen molar-refractivity contribution in [2.45, 2.75) is 13.8 Å². The molecule has 2 heteroatoms. The van der Waals surface area contributed by atoms with Gasteiger partial charge in [-0.3, -0.25) is 4.79 Å². The van der Waals surface area contributed by atoms with Gasteiger partial charge in [-0.1, -0.05) is 48.5 Å². The molecule has 0 saturated carbocycles. The summed E-state index contributed by atoms with van der Waals surface area (Å²) in [5.41, 5.74) is 3.84. The zero-order chi connectivity index (χ0) is 16.0. The molecule has 1 aromatic heterocycles. The summed E-state index contributed by atoms with van der Waals surface area (Å²) >= 11 is 0. The van der Waals surface area contributed by atoms with Gasteiger partial charge >= 0.3 is 0 Å². The summed E-state index contributed by atoms with van der Waals surface area (Å²) in [4.78, 5) is 12.7. The van der Waals surface area contributed by atoms with Gasteiger partial charge in [0.05, 0.1) is 5.39 Å². The summed E-state index contributed by atoms with van der Waals surface area (Å²) in [6.07, 6.45) is 0. The van der Waals surface area contributed by atoms with Crippen molar-refractivity contribution in [3.8, 4) is 11.3 Å². The van der Waals surface area contributed by atoms with E-state index in [0.717, 1.165) is 27.5 Å². The molecule has 23 heavy (non-hydrogen) atoms. The number of benzene rings is 3. The van der Waals surface area contributed by atoms with Crippen LogP contribution in [-0.4, -0.2) is 0 Å². The largest absolute Gasteiger partial charge is 0.456 e. The highest BCUT2D eigenvalue weighted by atomic mass is 16.3. The Labute approximate surface area is 134 Å². The first-order valence-corrected chi connectivity index (χ1v) is 7.67. The van der Waals surface area contributed by atoms with Crippen molar-refractivity contribution in [1.82, 2.24) is 0 Å². The molecule has 0 aliphatic carbocycles. The van der Waals surface area contributed by atoms with Gasteiger partial charge in [0.1, 0.15) is 11.3 Å². The highest BCUT2D eigenvalue weighted by Gasteiger charge is 2.12. The van der Waals surface area contributed by atoms with Crippen LogP contribution in [0.3, 0.4) is 0 Å². The van der Waals surface area contributed by atoms with Crippen LogP contribution in [0.25, 0.3) is 33.1 Å². The van der Waals surface area contributed by atoms with E-state index in [4.69, 9.17) is 4.42 Å². The quantitative estimate of drug-likeness (QED) is 0.451. The third kappa shape index (κ3) is 2.15. The lowest BCUT2D eigenvalue weighted by Crippen LogP contribution is -2.02. The Morgan fingerprint density at radius 2 is 1.57 bits per heavy atom. The van der Waals surface area contributed by atoms with Crippen LogP contribution in [0.1, 0.15) is 11.1 Å². The van der Waals surface area contributed by atoms with Gasteiger partial charge in [-0.15, -0.1) is 0 Å². The third-order valence-electron chi connectivity index (χ3n) is 4.35. The van der Waals surface area contributed by atoms with Gasteiger partial charge in [0.25, 0.3) is 0 Å². The monoisotopic (exact) mass is 300 g/mol. The van der Waals surface area contributed by atoms with Crippen LogP contribution in [0.15, 0.2) is 69.9 Å². The molecular formula is C21H16O2. The van der Waals surface area contributed by atoms with Crippen molar-refractivity contribution in [1.29, 1.82) is 0 Å². The fourth-order valence-corrected chi connectivity index (χ4v) is 3.26. The maximum Gasteiger partial charge on any atom is 0.193 e. The minimum atomic E-state index is 0.000651. The van der Waals surface area contributed by atoms with E-state index in [2.05, 4.69) is 0 Å². The Kier molecular flexibility index (Phi) is 3.05. The summed E-state index contributed by atoms with van der Waals surface area (Å²) in [5, 5.41) is 2.64. The van der Waals surface area contributed by atoms with Crippen LogP contribution in [0.5, 0.6) is 0 Å². The Hall–Kier alpha value is -2.87. The SMILES string of the molecule is Cc1cccc(C)c1-c1cc(=O)c2c(ccc3ccccc32)o1. The summed E-state index contributed by atoms with van der Waals surface area (Å²) in [6.45, 7) is 4.07. The van der Waals surface area contributed by atoms with Crippen LogP contribution in [-0.2, 0) is 0 Å². The van der Waals surface area contributed by atoms with E-state index in [1.54, 1.807) is 6.07 Å². The van der Waals surface area contributed by atoms with E-state index in [1.807, 2.05) is 68.4 Å². The molecule has 0 aliphatic heterocycles. The van der Waals surface area contributed by atoms with Crippen molar-refractivity contribution in [3.63, 3.8) is 0 Å². The molecule has 0 spiro atoms. The number of hydrogen-bond acceptors (Lipinski definition) is 2. The van der Waals surface area contributed by atoms with Crippen LogP contribution < -0.4 is 5.43 Å². The minimum Gasteiger partial charge on any atom is -0.456 e. The topological polar surface area (TPSA) is 30.2 Å². The van der Waals surface area contributed by atoms with Crippen molar-refractivity contribution >= 4 is 21.7 Å². The Bertz CT molecular complexity index is 1080. The van der Waals surface area contributed by atoms with Crippen LogP contribution >= 0.6 is 0 Å². The predicted molar refractivity (Wildman–Crippen MR) is 94.9 cm³/mol. The second-order valence-electron chi connectivity index (χ2n) is 5.90. The molecule has 2 nitrogen and oxygen atoms in total. The summed E-state index contributed by atoms with van der Waals surface area (Å²) < 4.78 is 6.10. The second-order valence-corrected chi connectivity index (χ2v) is 5.90. The second kappa shape index (κ2) is 5.10. The van der Waals surface area contributed by atoms with Crippen LogP contribution in [0.2, 0.25) is 0 Å². The van der Waals surface area contributed by atoms with E-state index < -0.39 is 0 Å². The maximum absolute atomic E-state index is 12.7. The first-order valence-electron chi connectivity index (χ1n) is 7.67. The smallest absolute Gasteiger partial charge is 0.193 e. The fraction of sp³-hybridized carbons (Fsp3) is 0.0952. The molecule has 0 fully saturated rings. The van der Waals surface area contributed by atoms with Crippen LogP contribution in [0, 0.1) is 13.8 Å². The molecule has 0 unspecified atom stereocenters. The van der Waals surface area contributed by atoms with E-state index in [1.165, 1.54) is 0 Å². The average Bonchev–Trinajstić information content (AvgIpc) is 2.54. The lowest BCUT2D eigenvalue weighted by atomic mass is 9.99. The lowest BCUT2D eigenvalue weighted by Gasteiger charge is -2.10. The Morgan fingerprint density at radius 1 is 0.826 bits per heavy atom. The maximum atomic E-state index is 12.7. The van der Waals surface area contributed by atoms with E-state index >= 15 is 0 Å². The van der Waals surface area contributed by atoms with Crippen molar-refractivity contribution < 1.29 is 4.42 Å². The highest BCUT2D eigenvalue weighted by molar-refractivity contribution is 6.05. The first kappa shape index (κ1) is 13.8. The molecule has 1 heterocycles.